The number of carbonyl (C=O) groups excluding carboxylic acids is 1. The van der Waals surface area contributed by atoms with Gasteiger partial charge in [-0.05, 0) is 12.8 Å². The van der Waals surface area contributed by atoms with Crippen LogP contribution in [0.5, 0.6) is 0 Å². The predicted molar refractivity (Wildman–Crippen MR) is 63.2 cm³/mol. The fraction of sp³-hybridized carbons (Fsp3) is 0.900. The number of ether oxygens (including phenoxy) is 1. The highest BCUT2D eigenvalue weighted by atomic mass is 127. The lowest BCUT2D eigenvalue weighted by molar-refractivity contribution is -0.143. The standard InChI is InChI=1S/C10H19IO2/c1-2-3-4-5-9-13-10(12)7-6-8-11/h2-9H2,1H3. The first-order chi connectivity index (χ1) is 6.31. The Morgan fingerprint density at radius 1 is 1.23 bits per heavy atom. The molecule has 78 valence electrons. The summed E-state index contributed by atoms with van der Waals surface area (Å²) in [5, 5.41) is 0. The minimum Gasteiger partial charge on any atom is -0.466 e. The van der Waals surface area contributed by atoms with Gasteiger partial charge in [0.2, 0.25) is 0 Å². The van der Waals surface area contributed by atoms with Crippen LogP contribution in [0.1, 0.15) is 45.4 Å². The third-order valence-corrected chi connectivity index (χ3v) is 2.54. The van der Waals surface area contributed by atoms with Crippen LogP contribution in [0.25, 0.3) is 0 Å². The fourth-order valence-corrected chi connectivity index (χ4v) is 1.38. The van der Waals surface area contributed by atoms with Crippen molar-refractivity contribution in [2.24, 2.45) is 0 Å². The molecule has 13 heavy (non-hydrogen) atoms. The van der Waals surface area contributed by atoms with E-state index < -0.39 is 0 Å². The molecule has 0 bridgehead atoms. The van der Waals surface area contributed by atoms with E-state index in [9.17, 15) is 4.79 Å². The molecule has 0 aromatic rings. The molecule has 0 rings (SSSR count). The zero-order valence-corrected chi connectivity index (χ0v) is 10.5. The maximum absolute atomic E-state index is 11.0. The quantitative estimate of drug-likeness (QED) is 0.297. The van der Waals surface area contributed by atoms with Crippen LogP contribution in [0.15, 0.2) is 0 Å². The summed E-state index contributed by atoms with van der Waals surface area (Å²) >= 11 is 2.27. The van der Waals surface area contributed by atoms with E-state index in [1.165, 1.54) is 19.3 Å². The summed E-state index contributed by atoms with van der Waals surface area (Å²) in [4.78, 5) is 11.0. The first-order valence-electron chi connectivity index (χ1n) is 5.02. The van der Waals surface area contributed by atoms with E-state index >= 15 is 0 Å². The van der Waals surface area contributed by atoms with Gasteiger partial charge in [-0.25, -0.2) is 0 Å². The van der Waals surface area contributed by atoms with Crippen molar-refractivity contribution in [3.8, 4) is 0 Å². The topological polar surface area (TPSA) is 26.3 Å². The number of halogens is 1. The van der Waals surface area contributed by atoms with Crippen LogP contribution in [0, 0.1) is 0 Å². The second-order valence-electron chi connectivity index (χ2n) is 3.07. The van der Waals surface area contributed by atoms with Gasteiger partial charge in [-0.2, -0.15) is 0 Å². The molecule has 2 nitrogen and oxygen atoms in total. The molecule has 0 saturated heterocycles. The lowest BCUT2D eigenvalue weighted by atomic mass is 10.2. The third kappa shape index (κ3) is 10.1. The number of hydrogen-bond acceptors (Lipinski definition) is 2. The van der Waals surface area contributed by atoms with E-state index in [1.54, 1.807) is 0 Å². The predicted octanol–water partition coefficient (Wildman–Crippen LogP) is 3.33. The van der Waals surface area contributed by atoms with E-state index in [4.69, 9.17) is 4.74 Å². The molecule has 0 aromatic carbocycles. The third-order valence-electron chi connectivity index (χ3n) is 1.78. The Kier molecular flexibility index (Phi) is 10.4. The maximum atomic E-state index is 11.0. The van der Waals surface area contributed by atoms with Gasteiger partial charge in [-0.15, -0.1) is 0 Å². The Bertz CT molecular complexity index is 126. The summed E-state index contributed by atoms with van der Waals surface area (Å²) in [5.74, 6) is -0.0341. The number of unbranched alkanes of at least 4 members (excludes halogenated alkanes) is 3. The zero-order chi connectivity index (χ0) is 9.94. The van der Waals surface area contributed by atoms with Gasteiger partial charge in [0.05, 0.1) is 6.61 Å². The van der Waals surface area contributed by atoms with Crippen molar-refractivity contribution in [2.75, 3.05) is 11.0 Å². The Balaban J connectivity index is 3.08. The van der Waals surface area contributed by atoms with Gasteiger partial charge in [-0.1, -0.05) is 48.8 Å². The van der Waals surface area contributed by atoms with Crippen molar-refractivity contribution in [1.29, 1.82) is 0 Å². The van der Waals surface area contributed by atoms with Crippen LogP contribution >= 0.6 is 22.6 Å². The zero-order valence-electron chi connectivity index (χ0n) is 8.35. The average Bonchev–Trinajstić information content (AvgIpc) is 2.14. The van der Waals surface area contributed by atoms with Crippen molar-refractivity contribution in [3.63, 3.8) is 0 Å². The normalized spacial score (nSPS) is 10.0. The molecular weight excluding hydrogens is 279 g/mol. The molecule has 0 amide bonds. The minimum absolute atomic E-state index is 0.0341. The molecule has 0 aliphatic rings. The smallest absolute Gasteiger partial charge is 0.305 e. The molecule has 3 heteroatoms. The Morgan fingerprint density at radius 2 is 2.00 bits per heavy atom. The molecule has 0 heterocycles. The van der Waals surface area contributed by atoms with Crippen LogP contribution in [0.3, 0.4) is 0 Å². The van der Waals surface area contributed by atoms with Gasteiger partial charge < -0.3 is 4.74 Å². The lowest BCUT2D eigenvalue weighted by Gasteiger charge is -2.03. The first kappa shape index (κ1) is 13.2. The van der Waals surface area contributed by atoms with Gasteiger partial charge in [-0.3, -0.25) is 4.79 Å². The Morgan fingerprint density at radius 3 is 2.62 bits per heavy atom. The summed E-state index contributed by atoms with van der Waals surface area (Å²) < 4.78 is 6.08. The van der Waals surface area contributed by atoms with Crippen molar-refractivity contribution >= 4 is 28.6 Å². The number of hydrogen-bond donors (Lipinski definition) is 0. The van der Waals surface area contributed by atoms with E-state index in [0.717, 1.165) is 17.3 Å². The second-order valence-corrected chi connectivity index (χ2v) is 4.15. The minimum atomic E-state index is -0.0341. The molecule has 0 unspecified atom stereocenters. The summed E-state index contributed by atoms with van der Waals surface area (Å²) in [5.41, 5.74) is 0. The molecule has 0 aromatic heterocycles. The molecule has 0 fully saturated rings. The molecular formula is C10H19IO2. The van der Waals surface area contributed by atoms with Crippen LogP contribution in [0.2, 0.25) is 0 Å². The van der Waals surface area contributed by atoms with Gasteiger partial charge in [0, 0.05) is 10.8 Å². The van der Waals surface area contributed by atoms with E-state index in [0.29, 0.717) is 13.0 Å². The number of alkyl halides is 1. The van der Waals surface area contributed by atoms with Gasteiger partial charge in [0.25, 0.3) is 0 Å². The van der Waals surface area contributed by atoms with Crippen LogP contribution in [0.4, 0.5) is 0 Å². The number of rotatable bonds is 8. The number of esters is 1. The first-order valence-corrected chi connectivity index (χ1v) is 6.55. The fourth-order valence-electron chi connectivity index (χ4n) is 0.998. The van der Waals surface area contributed by atoms with E-state index in [1.807, 2.05) is 0 Å². The Hall–Kier alpha value is 0.200. The highest BCUT2D eigenvalue weighted by Crippen LogP contribution is 2.01. The summed E-state index contributed by atoms with van der Waals surface area (Å²) in [6, 6.07) is 0. The van der Waals surface area contributed by atoms with Crippen LogP contribution in [-0.2, 0) is 9.53 Å². The highest BCUT2D eigenvalue weighted by molar-refractivity contribution is 14.1. The summed E-state index contributed by atoms with van der Waals surface area (Å²) in [6.07, 6.45) is 6.18. The monoisotopic (exact) mass is 298 g/mol. The average molecular weight is 298 g/mol. The molecule has 0 atom stereocenters. The van der Waals surface area contributed by atoms with Crippen molar-refractivity contribution in [1.82, 2.24) is 0 Å². The van der Waals surface area contributed by atoms with Crippen LogP contribution < -0.4 is 0 Å². The SMILES string of the molecule is CCCCCCOC(=O)CCCI. The summed E-state index contributed by atoms with van der Waals surface area (Å²) in [6.45, 7) is 2.78. The summed E-state index contributed by atoms with van der Waals surface area (Å²) in [7, 11) is 0. The molecule has 0 spiro atoms. The van der Waals surface area contributed by atoms with Gasteiger partial charge in [0.1, 0.15) is 0 Å². The Labute approximate surface area is 94.6 Å². The highest BCUT2D eigenvalue weighted by Gasteiger charge is 2.00. The lowest BCUT2D eigenvalue weighted by Crippen LogP contribution is -2.05. The largest absolute Gasteiger partial charge is 0.466 e. The molecule has 0 aliphatic carbocycles. The molecule has 0 saturated carbocycles. The van der Waals surface area contributed by atoms with Gasteiger partial charge >= 0.3 is 5.97 Å². The van der Waals surface area contributed by atoms with Crippen molar-refractivity contribution in [2.45, 2.75) is 45.4 Å². The van der Waals surface area contributed by atoms with E-state index in [-0.39, 0.29) is 5.97 Å². The second kappa shape index (κ2) is 10.3. The molecule has 0 N–H and O–H groups in total. The number of carbonyl (C=O) groups is 1. The van der Waals surface area contributed by atoms with Crippen molar-refractivity contribution < 1.29 is 9.53 Å². The molecule has 0 radical (unpaired) electrons. The van der Waals surface area contributed by atoms with Gasteiger partial charge in [0.15, 0.2) is 0 Å². The maximum Gasteiger partial charge on any atom is 0.305 e. The van der Waals surface area contributed by atoms with Crippen molar-refractivity contribution in [3.05, 3.63) is 0 Å². The van der Waals surface area contributed by atoms with Crippen LogP contribution in [-0.4, -0.2) is 17.0 Å². The van der Waals surface area contributed by atoms with E-state index in [2.05, 4.69) is 29.5 Å². The molecule has 0 aliphatic heterocycles.